The lowest BCUT2D eigenvalue weighted by Crippen LogP contribution is -2.40. The van der Waals surface area contributed by atoms with E-state index in [1.807, 2.05) is 18.2 Å². The van der Waals surface area contributed by atoms with Gasteiger partial charge in [0.05, 0.1) is 19.3 Å². The summed E-state index contributed by atoms with van der Waals surface area (Å²) in [4.78, 5) is 4.42. The van der Waals surface area contributed by atoms with Gasteiger partial charge in [0.15, 0.2) is 17.5 Å². The van der Waals surface area contributed by atoms with Crippen LogP contribution in [0.15, 0.2) is 53.5 Å². The number of halogens is 1. The second kappa shape index (κ2) is 13.0. The van der Waals surface area contributed by atoms with Gasteiger partial charge in [-0.05, 0) is 43.7 Å². The Bertz CT molecular complexity index is 888. The fraction of sp³-hybridized carbons (Fsp3) is 0.500. The second-order valence-corrected chi connectivity index (χ2v) is 8.53. The Morgan fingerprint density at radius 2 is 1.82 bits per heavy atom. The molecule has 2 aliphatic rings. The van der Waals surface area contributed by atoms with Crippen LogP contribution in [0, 0.1) is 5.92 Å². The van der Waals surface area contributed by atoms with Crippen LogP contribution >= 0.6 is 24.0 Å². The van der Waals surface area contributed by atoms with Crippen molar-refractivity contribution >= 4 is 29.9 Å². The van der Waals surface area contributed by atoms with Crippen LogP contribution in [0.5, 0.6) is 11.5 Å². The molecule has 0 spiro atoms. The third-order valence-corrected chi connectivity index (χ3v) is 6.41. The van der Waals surface area contributed by atoms with Crippen molar-refractivity contribution in [3.05, 3.63) is 59.7 Å². The molecule has 1 aliphatic carbocycles. The Morgan fingerprint density at radius 1 is 1.03 bits per heavy atom. The molecule has 0 bridgehead atoms. The highest BCUT2D eigenvalue weighted by Crippen LogP contribution is 2.35. The standard InChI is InChI=1S/C26H35N3O3.HI/c1-27-26(29-18-21-15-16-31-24(21)19-9-4-3-5-10-19)28-17-20-11-8-14-23(30-2)25(20)32-22-12-6-7-13-22;/h3-5,8-11,14,21-22,24H,6-7,12-13,15-18H2,1-2H3,(H2,27,28,29);1H. The van der Waals surface area contributed by atoms with Crippen LogP contribution in [0.1, 0.15) is 49.3 Å². The zero-order valence-corrected chi connectivity index (χ0v) is 21.9. The van der Waals surface area contributed by atoms with Gasteiger partial charge in [0.1, 0.15) is 0 Å². The van der Waals surface area contributed by atoms with E-state index in [1.165, 1.54) is 18.4 Å². The summed E-state index contributed by atoms with van der Waals surface area (Å²) in [6.45, 7) is 2.22. The molecule has 1 saturated heterocycles. The number of methoxy groups -OCH3 is 1. The lowest BCUT2D eigenvalue weighted by atomic mass is 9.95. The first-order chi connectivity index (χ1) is 15.8. The Labute approximate surface area is 214 Å². The van der Waals surface area contributed by atoms with E-state index in [2.05, 4.69) is 46.0 Å². The van der Waals surface area contributed by atoms with E-state index in [0.717, 1.165) is 55.4 Å². The summed E-state index contributed by atoms with van der Waals surface area (Å²) in [5, 5.41) is 6.93. The van der Waals surface area contributed by atoms with E-state index >= 15 is 0 Å². The number of para-hydroxylation sites is 1. The summed E-state index contributed by atoms with van der Waals surface area (Å²) >= 11 is 0. The molecule has 2 aromatic rings. The largest absolute Gasteiger partial charge is 0.493 e. The molecule has 2 fully saturated rings. The summed E-state index contributed by atoms with van der Waals surface area (Å²) in [7, 11) is 3.50. The minimum absolute atomic E-state index is 0. The fourth-order valence-electron chi connectivity index (χ4n) is 4.65. The van der Waals surface area contributed by atoms with Gasteiger partial charge in [-0.15, -0.1) is 24.0 Å². The highest BCUT2D eigenvalue weighted by molar-refractivity contribution is 14.0. The van der Waals surface area contributed by atoms with E-state index in [4.69, 9.17) is 14.2 Å². The predicted molar refractivity (Wildman–Crippen MR) is 143 cm³/mol. The van der Waals surface area contributed by atoms with Crippen LogP contribution in [0.25, 0.3) is 0 Å². The molecule has 0 radical (unpaired) electrons. The van der Waals surface area contributed by atoms with Crippen molar-refractivity contribution in [3.8, 4) is 11.5 Å². The van der Waals surface area contributed by atoms with Crippen molar-refractivity contribution in [1.29, 1.82) is 0 Å². The maximum absolute atomic E-state index is 6.36. The number of rotatable bonds is 8. The molecule has 1 saturated carbocycles. The van der Waals surface area contributed by atoms with Gasteiger partial charge >= 0.3 is 0 Å². The van der Waals surface area contributed by atoms with Crippen LogP contribution < -0.4 is 20.1 Å². The zero-order valence-electron chi connectivity index (χ0n) is 19.6. The molecule has 1 aliphatic heterocycles. The molecular formula is C26H36IN3O3. The minimum atomic E-state index is 0. The number of benzene rings is 2. The van der Waals surface area contributed by atoms with Gasteiger partial charge in [-0.25, -0.2) is 0 Å². The first-order valence-corrected chi connectivity index (χ1v) is 11.7. The normalized spacial score (nSPS) is 20.8. The number of hydrogen-bond donors (Lipinski definition) is 2. The lowest BCUT2D eigenvalue weighted by molar-refractivity contribution is 0.0915. The molecule has 2 atom stereocenters. The molecule has 4 rings (SSSR count). The molecule has 7 heteroatoms. The molecule has 180 valence electrons. The molecular weight excluding hydrogens is 529 g/mol. The first kappa shape index (κ1) is 25.6. The summed E-state index contributed by atoms with van der Waals surface area (Å²) in [6, 6.07) is 16.5. The Hall–Kier alpha value is -2.00. The number of guanidine groups is 1. The topological polar surface area (TPSA) is 64.1 Å². The molecule has 2 unspecified atom stereocenters. The van der Waals surface area contributed by atoms with Gasteiger partial charge < -0.3 is 24.8 Å². The molecule has 0 aromatic heterocycles. The van der Waals surface area contributed by atoms with Crippen molar-refractivity contribution in [2.45, 2.75) is 50.9 Å². The molecule has 2 aromatic carbocycles. The minimum Gasteiger partial charge on any atom is -0.493 e. The van der Waals surface area contributed by atoms with Gasteiger partial charge in [0.2, 0.25) is 0 Å². The van der Waals surface area contributed by atoms with Crippen molar-refractivity contribution in [3.63, 3.8) is 0 Å². The number of nitrogens with zero attached hydrogens (tertiary/aromatic N) is 1. The maximum Gasteiger partial charge on any atom is 0.191 e. The van der Waals surface area contributed by atoms with Gasteiger partial charge in [-0.2, -0.15) is 0 Å². The van der Waals surface area contributed by atoms with Crippen LogP contribution in [-0.4, -0.2) is 39.4 Å². The summed E-state index contributed by atoms with van der Waals surface area (Å²) in [5.41, 5.74) is 2.32. The van der Waals surface area contributed by atoms with Crippen LogP contribution in [0.3, 0.4) is 0 Å². The van der Waals surface area contributed by atoms with Gasteiger partial charge in [-0.3, -0.25) is 4.99 Å². The summed E-state index contributed by atoms with van der Waals surface area (Å²) in [6.07, 6.45) is 6.14. The first-order valence-electron chi connectivity index (χ1n) is 11.7. The molecule has 6 nitrogen and oxygen atoms in total. The predicted octanol–water partition coefficient (Wildman–Crippen LogP) is 5.08. The van der Waals surface area contributed by atoms with Gasteiger partial charge in [-0.1, -0.05) is 42.5 Å². The van der Waals surface area contributed by atoms with Crippen LogP contribution in [0.2, 0.25) is 0 Å². The highest BCUT2D eigenvalue weighted by Gasteiger charge is 2.29. The van der Waals surface area contributed by atoms with Gasteiger partial charge in [0, 0.05) is 38.2 Å². The average Bonchev–Trinajstić information content (AvgIpc) is 3.52. The summed E-state index contributed by atoms with van der Waals surface area (Å²) < 4.78 is 18.0. The second-order valence-electron chi connectivity index (χ2n) is 8.53. The van der Waals surface area contributed by atoms with Gasteiger partial charge in [0.25, 0.3) is 0 Å². The van der Waals surface area contributed by atoms with E-state index in [-0.39, 0.29) is 36.2 Å². The number of hydrogen-bond acceptors (Lipinski definition) is 4. The fourth-order valence-corrected chi connectivity index (χ4v) is 4.65. The van der Waals surface area contributed by atoms with E-state index in [0.29, 0.717) is 12.5 Å². The van der Waals surface area contributed by atoms with Crippen molar-refractivity contribution in [2.24, 2.45) is 10.9 Å². The lowest BCUT2D eigenvalue weighted by Gasteiger charge is -2.22. The van der Waals surface area contributed by atoms with Crippen LogP contribution in [0.4, 0.5) is 0 Å². The monoisotopic (exact) mass is 565 g/mol. The summed E-state index contributed by atoms with van der Waals surface area (Å²) in [5.74, 6) is 2.82. The third-order valence-electron chi connectivity index (χ3n) is 6.41. The number of nitrogens with one attached hydrogen (secondary N) is 2. The SMILES string of the molecule is CN=C(NCc1cccc(OC)c1OC1CCCC1)NCC1CCOC1c1ccccc1.I. The van der Waals surface area contributed by atoms with Crippen LogP contribution in [-0.2, 0) is 11.3 Å². The zero-order chi connectivity index (χ0) is 22.2. The quantitative estimate of drug-likeness (QED) is 0.266. The molecule has 0 amide bonds. The number of aliphatic imine (C=N–C) groups is 1. The van der Waals surface area contributed by atoms with Crippen molar-refractivity contribution < 1.29 is 14.2 Å². The van der Waals surface area contributed by atoms with E-state index in [9.17, 15) is 0 Å². The molecule has 33 heavy (non-hydrogen) atoms. The smallest absolute Gasteiger partial charge is 0.191 e. The highest BCUT2D eigenvalue weighted by atomic mass is 127. The van der Waals surface area contributed by atoms with Crippen molar-refractivity contribution in [2.75, 3.05) is 27.3 Å². The average molecular weight is 565 g/mol. The molecule has 2 N–H and O–H groups in total. The third kappa shape index (κ3) is 6.76. The van der Waals surface area contributed by atoms with E-state index < -0.39 is 0 Å². The molecule has 1 heterocycles. The van der Waals surface area contributed by atoms with Crippen molar-refractivity contribution in [1.82, 2.24) is 10.6 Å². The number of ether oxygens (including phenoxy) is 3. The Morgan fingerprint density at radius 3 is 2.55 bits per heavy atom. The Kier molecular flexibility index (Phi) is 10.1. The Balaban J connectivity index is 0.00000306. The maximum atomic E-state index is 6.36. The van der Waals surface area contributed by atoms with E-state index in [1.54, 1.807) is 14.2 Å².